The van der Waals surface area contributed by atoms with E-state index in [4.69, 9.17) is 5.11 Å². The first kappa shape index (κ1) is 15.7. The van der Waals surface area contributed by atoms with Crippen LogP contribution in [0.3, 0.4) is 0 Å². The third kappa shape index (κ3) is 5.86. The summed E-state index contributed by atoms with van der Waals surface area (Å²) in [6.07, 6.45) is -6.35. The number of halogens is 3. The molecule has 1 atom stereocenters. The molecule has 19 heavy (non-hydrogen) atoms. The maximum Gasteiger partial charge on any atom is 0.415 e. The lowest BCUT2D eigenvalue weighted by molar-refractivity contribution is -0.200. The Morgan fingerprint density at radius 1 is 1.26 bits per heavy atom. The predicted molar refractivity (Wildman–Crippen MR) is 64.5 cm³/mol. The molecule has 0 aliphatic heterocycles. The van der Waals surface area contributed by atoms with E-state index in [1.165, 1.54) is 6.08 Å². The number of aliphatic hydroxyl groups is 1. The zero-order valence-electron chi connectivity index (χ0n) is 9.63. The minimum absolute atomic E-state index is 0.587. The highest BCUT2D eigenvalue weighted by molar-refractivity contribution is 7.92. The molecule has 0 heterocycles. The molecule has 1 aromatic carbocycles. The van der Waals surface area contributed by atoms with Crippen LogP contribution in [0.1, 0.15) is 5.56 Å². The van der Waals surface area contributed by atoms with Gasteiger partial charge in [-0.05, 0) is 11.6 Å². The summed E-state index contributed by atoms with van der Waals surface area (Å²) in [5.41, 5.74) is 0.587. The molecule has 0 aliphatic rings. The lowest BCUT2D eigenvalue weighted by Crippen LogP contribution is -2.40. The molecule has 106 valence electrons. The zero-order chi connectivity index (χ0) is 14.5. The highest BCUT2D eigenvalue weighted by Crippen LogP contribution is 2.19. The van der Waals surface area contributed by atoms with Gasteiger partial charge in [0.25, 0.3) is 0 Å². The van der Waals surface area contributed by atoms with E-state index in [0.29, 0.717) is 5.56 Å². The Morgan fingerprint density at radius 3 is 2.37 bits per heavy atom. The molecular weight excluding hydrogens is 283 g/mol. The summed E-state index contributed by atoms with van der Waals surface area (Å²) in [5.74, 6) is 0. The van der Waals surface area contributed by atoms with E-state index in [9.17, 15) is 21.6 Å². The molecule has 0 amide bonds. The Labute approximate surface area is 108 Å². The van der Waals surface area contributed by atoms with Crippen molar-refractivity contribution in [2.45, 2.75) is 12.3 Å². The van der Waals surface area contributed by atoms with Gasteiger partial charge in [-0.25, -0.2) is 13.1 Å². The molecule has 4 nitrogen and oxygen atoms in total. The van der Waals surface area contributed by atoms with Crippen molar-refractivity contribution in [1.29, 1.82) is 0 Å². The average molecular weight is 295 g/mol. The lowest BCUT2D eigenvalue weighted by Gasteiger charge is -2.14. The predicted octanol–water partition coefficient (Wildman–Crippen LogP) is 1.50. The van der Waals surface area contributed by atoms with E-state index in [1.807, 2.05) is 0 Å². The van der Waals surface area contributed by atoms with Crippen molar-refractivity contribution in [3.05, 3.63) is 41.3 Å². The van der Waals surface area contributed by atoms with Crippen molar-refractivity contribution in [3.63, 3.8) is 0 Å². The van der Waals surface area contributed by atoms with Crippen LogP contribution in [-0.4, -0.2) is 32.3 Å². The minimum Gasteiger partial charge on any atom is -0.382 e. The fourth-order valence-electron chi connectivity index (χ4n) is 1.09. The smallest absolute Gasteiger partial charge is 0.382 e. The number of aliphatic hydroxyl groups excluding tert-OH is 1. The summed E-state index contributed by atoms with van der Waals surface area (Å²) in [6.45, 7) is -1.12. The number of nitrogens with one attached hydrogen (secondary N) is 1. The van der Waals surface area contributed by atoms with E-state index in [-0.39, 0.29) is 0 Å². The molecule has 8 heteroatoms. The summed E-state index contributed by atoms with van der Waals surface area (Å²) in [5, 5.41) is 9.40. The Kier molecular flexibility index (Phi) is 5.10. The number of benzene rings is 1. The first-order valence-electron chi connectivity index (χ1n) is 5.18. The van der Waals surface area contributed by atoms with E-state index < -0.39 is 28.8 Å². The Morgan fingerprint density at radius 2 is 1.84 bits per heavy atom. The van der Waals surface area contributed by atoms with Gasteiger partial charge in [-0.1, -0.05) is 30.3 Å². The van der Waals surface area contributed by atoms with Gasteiger partial charge in [-0.2, -0.15) is 13.2 Å². The maximum atomic E-state index is 12.0. The van der Waals surface area contributed by atoms with E-state index in [2.05, 4.69) is 0 Å². The fraction of sp³-hybridized carbons (Fsp3) is 0.273. The van der Waals surface area contributed by atoms with Crippen molar-refractivity contribution in [1.82, 2.24) is 4.72 Å². The van der Waals surface area contributed by atoms with Crippen molar-refractivity contribution < 1.29 is 26.7 Å². The van der Waals surface area contributed by atoms with Gasteiger partial charge in [-0.3, -0.25) is 0 Å². The maximum absolute atomic E-state index is 12.0. The van der Waals surface area contributed by atoms with Gasteiger partial charge < -0.3 is 5.11 Å². The molecule has 0 aromatic heterocycles. The molecule has 0 bridgehead atoms. The van der Waals surface area contributed by atoms with Crippen molar-refractivity contribution >= 4 is 16.1 Å². The quantitative estimate of drug-likeness (QED) is 0.865. The average Bonchev–Trinajstić information content (AvgIpc) is 2.34. The molecule has 2 N–H and O–H groups in total. The Hall–Kier alpha value is -1.38. The van der Waals surface area contributed by atoms with Crippen LogP contribution in [0.25, 0.3) is 6.08 Å². The highest BCUT2D eigenvalue weighted by Gasteiger charge is 2.38. The number of rotatable bonds is 5. The second-order valence-electron chi connectivity index (χ2n) is 3.66. The van der Waals surface area contributed by atoms with Crippen LogP contribution in [-0.2, 0) is 10.0 Å². The fourth-order valence-corrected chi connectivity index (χ4v) is 1.91. The molecule has 0 spiro atoms. The van der Waals surface area contributed by atoms with Crippen LogP contribution in [0, 0.1) is 0 Å². The standard InChI is InChI=1S/C11H12F3NO3S/c12-11(13,14)10(16)8-15-19(17,18)7-6-9-4-2-1-3-5-9/h1-7,10,15-16H,8H2/b7-6+. The Bertz CT molecular complexity index is 526. The van der Waals surface area contributed by atoms with Crippen molar-refractivity contribution in [2.24, 2.45) is 0 Å². The normalized spacial score (nSPS) is 14.7. The van der Waals surface area contributed by atoms with Crippen LogP contribution >= 0.6 is 0 Å². The van der Waals surface area contributed by atoms with Crippen molar-refractivity contribution in [3.8, 4) is 0 Å². The summed E-state index contributed by atoms with van der Waals surface area (Å²) < 4.78 is 60.3. The van der Waals surface area contributed by atoms with Crippen LogP contribution in [0.5, 0.6) is 0 Å². The SMILES string of the molecule is O=S(=O)(/C=C/c1ccccc1)NCC(O)C(F)(F)F. The molecule has 0 saturated heterocycles. The van der Waals surface area contributed by atoms with Gasteiger partial charge in [-0.15, -0.1) is 0 Å². The molecule has 0 radical (unpaired) electrons. The van der Waals surface area contributed by atoms with Gasteiger partial charge in [0.2, 0.25) is 10.0 Å². The van der Waals surface area contributed by atoms with Crippen LogP contribution in [0.15, 0.2) is 35.7 Å². The van der Waals surface area contributed by atoms with Gasteiger partial charge in [0.15, 0.2) is 6.10 Å². The number of hydrogen-bond acceptors (Lipinski definition) is 3. The molecule has 0 fully saturated rings. The summed E-state index contributed by atoms with van der Waals surface area (Å²) >= 11 is 0. The largest absolute Gasteiger partial charge is 0.415 e. The zero-order valence-corrected chi connectivity index (χ0v) is 10.4. The number of sulfonamides is 1. The van der Waals surface area contributed by atoms with Gasteiger partial charge in [0.05, 0.1) is 0 Å². The van der Waals surface area contributed by atoms with Gasteiger partial charge in [0, 0.05) is 12.0 Å². The molecular formula is C11H12F3NO3S. The molecule has 1 unspecified atom stereocenters. The van der Waals surface area contributed by atoms with Crippen LogP contribution < -0.4 is 4.72 Å². The molecule has 0 aliphatic carbocycles. The molecule has 1 rings (SSSR count). The number of hydrogen-bond donors (Lipinski definition) is 2. The second-order valence-corrected chi connectivity index (χ2v) is 5.32. The van der Waals surface area contributed by atoms with Gasteiger partial charge in [0.1, 0.15) is 0 Å². The Balaban J connectivity index is 2.61. The third-order valence-electron chi connectivity index (χ3n) is 2.09. The summed E-state index contributed by atoms with van der Waals surface area (Å²) in [4.78, 5) is 0. The highest BCUT2D eigenvalue weighted by atomic mass is 32.2. The monoisotopic (exact) mass is 295 g/mol. The third-order valence-corrected chi connectivity index (χ3v) is 3.16. The lowest BCUT2D eigenvalue weighted by atomic mass is 10.2. The number of alkyl halides is 3. The molecule has 0 saturated carbocycles. The molecule has 1 aromatic rings. The summed E-state index contributed by atoms with van der Waals surface area (Å²) in [6, 6.07) is 8.39. The minimum atomic E-state index is -4.86. The van der Waals surface area contributed by atoms with E-state index in [0.717, 1.165) is 5.41 Å². The van der Waals surface area contributed by atoms with Gasteiger partial charge >= 0.3 is 6.18 Å². The van der Waals surface area contributed by atoms with Crippen LogP contribution in [0.2, 0.25) is 0 Å². The van der Waals surface area contributed by atoms with Crippen molar-refractivity contribution in [2.75, 3.05) is 6.54 Å². The second kappa shape index (κ2) is 6.18. The summed E-state index contributed by atoms with van der Waals surface area (Å²) in [7, 11) is -4.03. The van der Waals surface area contributed by atoms with E-state index in [1.54, 1.807) is 35.1 Å². The first-order chi connectivity index (χ1) is 8.71. The first-order valence-corrected chi connectivity index (χ1v) is 6.73. The topological polar surface area (TPSA) is 66.4 Å². The van der Waals surface area contributed by atoms with Crippen LogP contribution in [0.4, 0.5) is 13.2 Å². The van der Waals surface area contributed by atoms with E-state index >= 15 is 0 Å².